The fraction of sp³-hybridized carbons (Fsp3) is 0.692. The first-order valence-corrected chi connectivity index (χ1v) is 6.49. The van der Waals surface area contributed by atoms with E-state index in [-0.39, 0.29) is 11.2 Å². The number of aromatic nitrogens is 2. The normalized spacial score (nSPS) is 11.1. The lowest BCUT2D eigenvalue weighted by Crippen LogP contribution is -2.40. The number of rotatable bonds is 7. The Bertz CT molecular complexity index is 474. The first kappa shape index (κ1) is 14.7. The third-order valence-electron chi connectivity index (χ3n) is 2.89. The smallest absolute Gasteiger partial charge is 0.315 e. The number of nitrogens with zero attached hydrogens (tertiary/aromatic N) is 2. The van der Waals surface area contributed by atoms with E-state index in [2.05, 4.69) is 19.2 Å². The van der Waals surface area contributed by atoms with Gasteiger partial charge in [0.1, 0.15) is 0 Å². The summed E-state index contributed by atoms with van der Waals surface area (Å²) in [6.07, 6.45) is 3.82. The van der Waals surface area contributed by atoms with Crippen LogP contribution in [0.5, 0.6) is 0 Å². The Morgan fingerprint density at radius 2 is 2.00 bits per heavy atom. The fourth-order valence-electron chi connectivity index (χ4n) is 1.77. The Morgan fingerprint density at radius 3 is 2.67 bits per heavy atom. The largest absolute Gasteiger partial charge is 0.330 e. The van der Waals surface area contributed by atoms with Crippen LogP contribution < -0.4 is 16.6 Å². The van der Waals surface area contributed by atoms with Gasteiger partial charge in [0.2, 0.25) is 0 Å². The van der Waals surface area contributed by atoms with Crippen LogP contribution in [0.15, 0.2) is 21.9 Å². The van der Waals surface area contributed by atoms with Crippen molar-refractivity contribution in [1.82, 2.24) is 14.5 Å². The third kappa shape index (κ3) is 4.49. The minimum atomic E-state index is -0.258. The number of hydrogen-bond donors (Lipinski definition) is 1. The fourth-order valence-corrected chi connectivity index (χ4v) is 1.77. The maximum Gasteiger partial charge on any atom is 0.330 e. The van der Waals surface area contributed by atoms with E-state index >= 15 is 0 Å². The summed E-state index contributed by atoms with van der Waals surface area (Å²) in [5.74, 6) is 0.718. The predicted octanol–water partition coefficient (Wildman–Crippen LogP) is 0.573. The van der Waals surface area contributed by atoms with E-state index in [1.165, 1.54) is 27.8 Å². The molecule has 0 aliphatic rings. The monoisotopic (exact) mass is 253 g/mol. The van der Waals surface area contributed by atoms with E-state index in [0.29, 0.717) is 13.1 Å². The van der Waals surface area contributed by atoms with Crippen LogP contribution in [0.2, 0.25) is 0 Å². The maximum absolute atomic E-state index is 11.7. The Morgan fingerprint density at radius 1 is 1.28 bits per heavy atom. The molecule has 0 spiro atoms. The number of hydrogen-bond acceptors (Lipinski definition) is 3. The van der Waals surface area contributed by atoms with Crippen molar-refractivity contribution in [2.24, 2.45) is 13.0 Å². The van der Waals surface area contributed by atoms with Gasteiger partial charge < -0.3 is 9.88 Å². The Kier molecular flexibility index (Phi) is 5.85. The van der Waals surface area contributed by atoms with E-state index in [0.717, 1.165) is 18.9 Å². The van der Waals surface area contributed by atoms with Gasteiger partial charge in [0.05, 0.1) is 0 Å². The van der Waals surface area contributed by atoms with Crippen LogP contribution >= 0.6 is 0 Å². The van der Waals surface area contributed by atoms with Gasteiger partial charge in [-0.1, -0.05) is 13.8 Å². The van der Waals surface area contributed by atoms with Crippen molar-refractivity contribution in [1.29, 1.82) is 0 Å². The van der Waals surface area contributed by atoms with Crippen LogP contribution in [0, 0.1) is 5.92 Å². The summed E-state index contributed by atoms with van der Waals surface area (Å²) >= 11 is 0. The molecule has 0 aromatic carbocycles. The summed E-state index contributed by atoms with van der Waals surface area (Å²) in [5, 5.41) is 3.26. The first-order valence-electron chi connectivity index (χ1n) is 6.49. The SMILES string of the molecule is CC(C)CCCNCCn1c(=O)ccn(C)c1=O. The molecule has 0 saturated heterocycles. The Balaban J connectivity index is 2.38. The summed E-state index contributed by atoms with van der Waals surface area (Å²) in [4.78, 5) is 23.2. The van der Waals surface area contributed by atoms with E-state index < -0.39 is 0 Å². The topological polar surface area (TPSA) is 56.0 Å². The standard InChI is InChI=1S/C13H23N3O2/c1-11(2)5-4-7-14-8-10-16-12(17)6-9-15(3)13(16)18/h6,9,11,14H,4-5,7-8,10H2,1-3H3. The van der Waals surface area contributed by atoms with Gasteiger partial charge in [-0.2, -0.15) is 0 Å². The molecule has 1 aromatic rings. The zero-order valence-corrected chi connectivity index (χ0v) is 11.5. The molecule has 0 radical (unpaired) electrons. The number of aryl methyl sites for hydroxylation is 1. The molecule has 5 heteroatoms. The Hall–Kier alpha value is -1.36. The van der Waals surface area contributed by atoms with Gasteiger partial charge >= 0.3 is 5.69 Å². The molecule has 0 fully saturated rings. The molecule has 0 bridgehead atoms. The van der Waals surface area contributed by atoms with Gasteiger partial charge in [-0.3, -0.25) is 9.36 Å². The molecule has 102 valence electrons. The summed E-state index contributed by atoms with van der Waals surface area (Å²) in [7, 11) is 1.65. The van der Waals surface area contributed by atoms with Gasteiger partial charge in [-0.25, -0.2) is 4.79 Å². The van der Waals surface area contributed by atoms with Gasteiger partial charge in [-0.15, -0.1) is 0 Å². The predicted molar refractivity (Wildman–Crippen MR) is 72.9 cm³/mol. The molecule has 0 atom stereocenters. The summed E-state index contributed by atoms with van der Waals surface area (Å²) in [6.45, 7) is 6.41. The van der Waals surface area contributed by atoms with Crippen molar-refractivity contribution in [2.45, 2.75) is 33.2 Å². The van der Waals surface area contributed by atoms with Crippen molar-refractivity contribution in [3.05, 3.63) is 33.1 Å². The molecule has 1 rings (SSSR count). The van der Waals surface area contributed by atoms with Gasteiger partial charge in [0.15, 0.2) is 0 Å². The van der Waals surface area contributed by atoms with Crippen LogP contribution in [0.25, 0.3) is 0 Å². The molecule has 0 aliphatic carbocycles. The van der Waals surface area contributed by atoms with Crippen molar-refractivity contribution in [3.8, 4) is 0 Å². The highest BCUT2D eigenvalue weighted by Gasteiger charge is 2.01. The van der Waals surface area contributed by atoms with Crippen LogP contribution in [0.3, 0.4) is 0 Å². The van der Waals surface area contributed by atoms with Crippen LogP contribution in [0.4, 0.5) is 0 Å². The minimum absolute atomic E-state index is 0.234. The lowest BCUT2D eigenvalue weighted by Gasteiger charge is -2.08. The molecular formula is C13H23N3O2. The third-order valence-corrected chi connectivity index (χ3v) is 2.89. The second-order valence-corrected chi connectivity index (χ2v) is 4.99. The highest BCUT2D eigenvalue weighted by atomic mass is 16.2. The van der Waals surface area contributed by atoms with Crippen molar-refractivity contribution in [2.75, 3.05) is 13.1 Å². The highest BCUT2D eigenvalue weighted by Crippen LogP contribution is 2.01. The second-order valence-electron chi connectivity index (χ2n) is 4.99. The second kappa shape index (κ2) is 7.16. The van der Waals surface area contributed by atoms with E-state index in [4.69, 9.17) is 0 Å². The molecule has 1 heterocycles. The van der Waals surface area contributed by atoms with E-state index in [1.807, 2.05) is 0 Å². The summed E-state index contributed by atoms with van der Waals surface area (Å²) in [5.41, 5.74) is -0.492. The highest BCUT2D eigenvalue weighted by molar-refractivity contribution is 4.85. The molecule has 0 unspecified atom stereocenters. The Labute approximate surface area is 107 Å². The van der Waals surface area contributed by atoms with E-state index in [9.17, 15) is 9.59 Å². The van der Waals surface area contributed by atoms with Gasteiger partial charge in [-0.05, 0) is 25.3 Å². The molecule has 1 N–H and O–H groups in total. The lowest BCUT2D eigenvalue weighted by atomic mass is 10.1. The molecular weight excluding hydrogens is 230 g/mol. The summed E-state index contributed by atoms with van der Waals surface area (Å²) < 4.78 is 2.68. The maximum atomic E-state index is 11.7. The average Bonchev–Trinajstić information content (AvgIpc) is 2.32. The van der Waals surface area contributed by atoms with Crippen molar-refractivity contribution in [3.63, 3.8) is 0 Å². The quantitative estimate of drug-likeness (QED) is 0.723. The molecule has 18 heavy (non-hydrogen) atoms. The van der Waals surface area contributed by atoms with Crippen molar-refractivity contribution >= 4 is 0 Å². The van der Waals surface area contributed by atoms with Crippen molar-refractivity contribution < 1.29 is 0 Å². The molecule has 0 amide bonds. The van der Waals surface area contributed by atoms with Gasteiger partial charge in [0, 0.05) is 32.4 Å². The molecule has 0 saturated carbocycles. The zero-order chi connectivity index (χ0) is 13.5. The molecule has 5 nitrogen and oxygen atoms in total. The van der Waals surface area contributed by atoms with Crippen LogP contribution in [-0.4, -0.2) is 22.2 Å². The van der Waals surface area contributed by atoms with Crippen LogP contribution in [-0.2, 0) is 13.6 Å². The number of nitrogens with one attached hydrogen (secondary N) is 1. The zero-order valence-electron chi connectivity index (χ0n) is 11.5. The minimum Gasteiger partial charge on any atom is -0.315 e. The molecule has 1 aromatic heterocycles. The van der Waals surface area contributed by atoms with Gasteiger partial charge in [0.25, 0.3) is 5.56 Å². The lowest BCUT2D eigenvalue weighted by molar-refractivity contribution is 0.502. The average molecular weight is 253 g/mol. The first-order chi connectivity index (χ1) is 8.52. The van der Waals surface area contributed by atoms with E-state index in [1.54, 1.807) is 7.05 Å². The molecule has 0 aliphatic heterocycles. The summed E-state index contributed by atoms with van der Waals surface area (Å²) in [6, 6.07) is 1.42. The van der Waals surface area contributed by atoms with Crippen LogP contribution in [0.1, 0.15) is 26.7 Å².